The number of primary sulfonamides is 1. The van der Waals surface area contributed by atoms with Gasteiger partial charge in [0.1, 0.15) is 10.6 Å². The number of benzene rings is 1. The molecule has 0 amide bonds. The molecule has 0 aliphatic carbocycles. The Morgan fingerprint density at radius 3 is 2.25 bits per heavy atom. The number of hydrogen-bond donors (Lipinski definition) is 1. The Morgan fingerprint density at radius 2 is 1.81 bits per heavy atom. The van der Waals surface area contributed by atoms with Gasteiger partial charge in [0.05, 0.1) is 6.10 Å². The average Bonchev–Trinajstić information content (AvgIpc) is 2.06. The van der Waals surface area contributed by atoms with E-state index in [9.17, 15) is 8.42 Å². The normalized spacial score (nSPS) is 11.9. The summed E-state index contributed by atoms with van der Waals surface area (Å²) in [5.41, 5.74) is 1.62. The fourth-order valence-electron chi connectivity index (χ4n) is 1.51. The van der Waals surface area contributed by atoms with Crippen molar-refractivity contribution in [1.29, 1.82) is 0 Å². The van der Waals surface area contributed by atoms with Gasteiger partial charge in [0.25, 0.3) is 0 Å². The minimum Gasteiger partial charge on any atom is -0.489 e. The van der Waals surface area contributed by atoms with Crippen LogP contribution in [-0.4, -0.2) is 14.5 Å². The monoisotopic (exact) mass is 243 g/mol. The molecule has 0 aromatic heterocycles. The quantitative estimate of drug-likeness (QED) is 0.879. The van der Waals surface area contributed by atoms with Crippen LogP contribution in [0.25, 0.3) is 0 Å². The number of ether oxygens (including phenoxy) is 1. The fourth-order valence-corrected chi connectivity index (χ4v) is 2.33. The van der Waals surface area contributed by atoms with Crippen LogP contribution >= 0.6 is 0 Å². The fraction of sp³-hybridized carbons (Fsp3) is 0.455. The number of rotatable bonds is 3. The average molecular weight is 243 g/mol. The van der Waals surface area contributed by atoms with Crippen LogP contribution in [0.2, 0.25) is 0 Å². The van der Waals surface area contributed by atoms with E-state index >= 15 is 0 Å². The van der Waals surface area contributed by atoms with Gasteiger partial charge in [0.15, 0.2) is 0 Å². The van der Waals surface area contributed by atoms with Crippen LogP contribution in [0.4, 0.5) is 0 Å². The maximum absolute atomic E-state index is 11.4. The van der Waals surface area contributed by atoms with Crippen molar-refractivity contribution in [2.24, 2.45) is 5.14 Å². The van der Waals surface area contributed by atoms with Gasteiger partial charge in [-0.15, -0.1) is 0 Å². The van der Waals surface area contributed by atoms with Crippen LogP contribution in [0.1, 0.15) is 25.0 Å². The van der Waals surface area contributed by atoms with E-state index in [-0.39, 0.29) is 11.0 Å². The van der Waals surface area contributed by atoms with Gasteiger partial charge < -0.3 is 4.74 Å². The predicted molar refractivity (Wildman–Crippen MR) is 63.1 cm³/mol. The summed E-state index contributed by atoms with van der Waals surface area (Å²) in [6.45, 7) is 7.30. The molecule has 0 saturated carbocycles. The lowest BCUT2D eigenvalue weighted by molar-refractivity contribution is 0.234. The molecule has 0 heterocycles. The first-order valence-corrected chi connectivity index (χ1v) is 6.57. The maximum Gasteiger partial charge on any atom is 0.241 e. The molecule has 5 heteroatoms. The molecule has 0 fully saturated rings. The summed E-state index contributed by atoms with van der Waals surface area (Å²) >= 11 is 0. The number of nitrogens with two attached hydrogens (primary N) is 1. The van der Waals surface area contributed by atoms with Crippen molar-refractivity contribution in [3.63, 3.8) is 0 Å². The van der Waals surface area contributed by atoms with Crippen molar-refractivity contribution in [2.45, 2.75) is 38.7 Å². The summed E-state index contributed by atoms with van der Waals surface area (Å²) in [5, 5.41) is 5.16. The Kier molecular flexibility index (Phi) is 3.60. The van der Waals surface area contributed by atoms with E-state index in [1.54, 1.807) is 6.92 Å². The summed E-state index contributed by atoms with van der Waals surface area (Å²) in [5.74, 6) is 0.350. The summed E-state index contributed by atoms with van der Waals surface area (Å²) in [6, 6.07) is 3.40. The van der Waals surface area contributed by atoms with Gasteiger partial charge in [-0.3, -0.25) is 0 Å². The second-order valence-corrected chi connectivity index (χ2v) is 5.65. The van der Waals surface area contributed by atoms with Crippen molar-refractivity contribution in [1.82, 2.24) is 0 Å². The summed E-state index contributed by atoms with van der Waals surface area (Å²) in [6.07, 6.45) is -0.0955. The minimum atomic E-state index is -3.75. The van der Waals surface area contributed by atoms with E-state index in [1.807, 2.05) is 26.8 Å². The lowest BCUT2D eigenvalue weighted by Crippen LogP contribution is -2.17. The highest BCUT2D eigenvalue weighted by molar-refractivity contribution is 7.89. The third-order valence-electron chi connectivity index (χ3n) is 2.04. The summed E-state index contributed by atoms with van der Waals surface area (Å²) in [7, 11) is -3.75. The van der Waals surface area contributed by atoms with Gasteiger partial charge in [-0.2, -0.15) is 0 Å². The summed E-state index contributed by atoms with van der Waals surface area (Å²) in [4.78, 5) is 0.0544. The molecule has 0 bridgehead atoms. The van der Waals surface area contributed by atoms with Crippen molar-refractivity contribution in [2.75, 3.05) is 0 Å². The first-order valence-electron chi connectivity index (χ1n) is 5.02. The van der Waals surface area contributed by atoms with Crippen LogP contribution in [0, 0.1) is 13.8 Å². The van der Waals surface area contributed by atoms with Crippen LogP contribution < -0.4 is 9.88 Å². The molecule has 0 aliphatic heterocycles. The molecule has 0 radical (unpaired) electrons. The lowest BCUT2D eigenvalue weighted by Gasteiger charge is -2.16. The molecular weight excluding hydrogens is 226 g/mol. The molecule has 1 aromatic carbocycles. The van der Waals surface area contributed by atoms with Crippen molar-refractivity contribution in [3.8, 4) is 5.75 Å². The van der Waals surface area contributed by atoms with Crippen molar-refractivity contribution >= 4 is 10.0 Å². The minimum absolute atomic E-state index is 0.0544. The third-order valence-corrected chi connectivity index (χ3v) is 2.96. The molecule has 0 saturated heterocycles. The highest BCUT2D eigenvalue weighted by Crippen LogP contribution is 2.29. The molecule has 0 atom stereocenters. The molecule has 4 nitrogen and oxygen atoms in total. The van der Waals surface area contributed by atoms with Crippen LogP contribution in [0.5, 0.6) is 5.75 Å². The molecule has 1 aromatic rings. The molecule has 1 rings (SSSR count). The predicted octanol–water partition coefficient (Wildman–Crippen LogP) is 1.74. The standard InChI is InChI=1S/C11H17NO3S/c1-7(2)15-11-9(4)5-8(3)6-10(11)16(12,13)14/h5-7H,1-4H3,(H2,12,13,14). The molecule has 0 aliphatic rings. The summed E-state index contributed by atoms with van der Waals surface area (Å²) < 4.78 is 28.4. The second kappa shape index (κ2) is 4.43. The first-order chi connectivity index (χ1) is 7.21. The zero-order valence-corrected chi connectivity index (χ0v) is 10.8. The molecule has 0 unspecified atom stereocenters. The van der Waals surface area contributed by atoms with Crippen LogP contribution in [0.15, 0.2) is 17.0 Å². The van der Waals surface area contributed by atoms with E-state index in [0.717, 1.165) is 11.1 Å². The maximum atomic E-state index is 11.4. The van der Waals surface area contributed by atoms with Gasteiger partial charge in [-0.05, 0) is 44.9 Å². The third kappa shape index (κ3) is 2.96. The van der Waals surface area contributed by atoms with Crippen molar-refractivity contribution in [3.05, 3.63) is 23.3 Å². The molecular formula is C11H17NO3S. The van der Waals surface area contributed by atoms with Gasteiger partial charge >= 0.3 is 0 Å². The topological polar surface area (TPSA) is 69.4 Å². The first kappa shape index (κ1) is 13.0. The lowest BCUT2D eigenvalue weighted by atomic mass is 10.1. The zero-order valence-electron chi connectivity index (χ0n) is 9.94. The number of aryl methyl sites for hydroxylation is 2. The molecule has 0 spiro atoms. The van der Waals surface area contributed by atoms with Crippen LogP contribution in [0.3, 0.4) is 0 Å². The number of sulfonamides is 1. The van der Waals surface area contributed by atoms with Gasteiger partial charge in [-0.25, -0.2) is 13.6 Å². The zero-order chi connectivity index (χ0) is 12.5. The smallest absolute Gasteiger partial charge is 0.241 e. The largest absolute Gasteiger partial charge is 0.489 e. The molecule has 2 N–H and O–H groups in total. The van der Waals surface area contributed by atoms with Gasteiger partial charge in [-0.1, -0.05) is 6.07 Å². The van der Waals surface area contributed by atoms with E-state index in [1.165, 1.54) is 6.07 Å². The van der Waals surface area contributed by atoms with Crippen LogP contribution in [-0.2, 0) is 10.0 Å². The van der Waals surface area contributed by atoms with Gasteiger partial charge in [0, 0.05) is 0 Å². The van der Waals surface area contributed by atoms with Gasteiger partial charge in [0.2, 0.25) is 10.0 Å². The molecule has 90 valence electrons. The SMILES string of the molecule is Cc1cc(C)c(OC(C)C)c(S(N)(=O)=O)c1. The number of hydrogen-bond acceptors (Lipinski definition) is 3. The second-order valence-electron chi connectivity index (χ2n) is 4.12. The van der Waals surface area contributed by atoms with Crippen molar-refractivity contribution < 1.29 is 13.2 Å². The van der Waals surface area contributed by atoms with E-state index < -0.39 is 10.0 Å². The Morgan fingerprint density at radius 1 is 1.25 bits per heavy atom. The Hall–Kier alpha value is -1.07. The highest BCUT2D eigenvalue weighted by Gasteiger charge is 2.18. The van der Waals surface area contributed by atoms with E-state index in [4.69, 9.17) is 9.88 Å². The Bertz CT molecular complexity index is 492. The highest BCUT2D eigenvalue weighted by atomic mass is 32.2. The van der Waals surface area contributed by atoms with E-state index in [0.29, 0.717) is 5.75 Å². The Balaban J connectivity index is 3.45. The molecule has 16 heavy (non-hydrogen) atoms. The van der Waals surface area contributed by atoms with E-state index in [2.05, 4.69) is 0 Å². The Labute approximate surface area is 96.5 Å².